The highest BCUT2D eigenvalue weighted by atomic mass is 16.4. The van der Waals surface area contributed by atoms with E-state index in [9.17, 15) is 14.7 Å². The summed E-state index contributed by atoms with van der Waals surface area (Å²) >= 11 is 0. The highest BCUT2D eigenvalue weighted by Crippen LogP contribution is 2.44. The van der Waals surface area contributed by atoms with Crippen LogP contribution in [0, 0.1) is 0 Å². The minimum Gasteiger partial charge on any atom is -0.479 e. The maximum Gasteiger partial charge on any atom is 0.331 e. The molecule has 1 N–H and O–H groups in total. The van der Waals surface area contributed by atoms with Gasteiger partial charge in [0.25, 0.3) is 0 Å². The van der Waals surface area contributed by atoms with Crippen molar-refractivity contribution in [3.8, 4) is 0 Å². The Morgan fingerprint density at radius 2 is 1.95 bits per heavy atom. The first-order valence-corrected chi connectivity index (χ1v) is 7.34. The fourth-order valence-electron chi connectivity index (χ4n) is 4.11. The first kappa shape index (κ1) is 12.9. The second kappa shape index (κ2) is 4.47. The molecule has 1 amide bonds. The molecule has 5 heteroatoms. The number of nitrogens with zero attached hydrogens (tertiary/aromatic N) is 2. The maximum absolute atomic E-state index is 12.0. The summed E-state index contributed by atoms with van der Waals surface area (Å²) in [4.78, 5) is 28.1. The van der Waals surface area contributed by atoms with E-state index in [0.29, 0.717) is 6.42 Å². The standard InChI is InChI=1S/C14H22N2O3/c1-10(17)16(11-5-6-11)14(13(18)19)7-9-15-8-3-2-4-12(14)15/h11-12H,2-9H2,1H3,(H,18,19). The molecule has 2 aliphatic heterocycles. The van der Waals surface area contributed by atoms with E-state index in [4.69, 9.17) is 0 Å². The van der Waals surface area contributed by atoms with Gasteiger partial charge in [-0.15, -0.1) is 0 Å². The van der Waals surface area contributed by atoms with Gasteiger partial charge in [-0.1, -0.05) is 6.42 Å². The summed E-state index contributed by atoms with van der Waals surface area (Å²) in [6, 6.07) is 0.179. The van der Waals surface area contributed by atoms with Gasteiger partial charge >= 0.3 is 5.97 Å². The molecule has 0 spiro atoms. The minimum absolute atomic E-state index is 0.0169. The molecule has 1 saturated carbocycles. The van der Waals surface area contributed by atoms with Crippen molar-refractivity contribution in [2.75, 3.05) is 13.1 Å². The Balaban J connectivity index is 1.98. The third kappa shape index (κ3) is 1.86. The molecular weight excluding hydrogens is 244 g/mol. The van der Waals surface area contributed by atoms with Gasteiger partial charge < -0.3 is 10.0 Å². The monoisotopic (exact) mass is 266 g/mol. The van der Waals surface area contributed by atoms with E-state index in [1.54, 1.807) is 4.90 Å². The SMILES string of the molecule is CC(=O)N(C1CC1)C1(C(=O)O)CCN2CCCCC21. The molecule has 0 aromatic heterocycles. The summed E-state index contributed by atoms with van der Waals surface area (Å²) in [5.41, 5.74) is -0.965. The first-order chi connectivity index (χ1) is 9.07. The largest absolute Gasteiger partial charge is 0.479 e. The van der Waals surface area contributed by atoms with Crippen molar-refractivity contribution in [1.29, 1.82) is 0 Å². The Bertz CT molecular complexity index is 407. The number of fused-ring (bicyclic) bond motifs is 1. The number of carbonyl (C=O) groups is 2. The zero-order valence-corrected chi connectivity index (χ0v) is 11.5. The smallest absolute Gasteiger partial charge is 0.331 e. The molecule has 2 heterocycles. The highest BCUT2D eigenvalue weighted by Gasteiger charge is 2.60. The molecule has 5 nitrogen and oxygen atoms in total. The van der Waals surface area contributed by atoms with E-state index in [1.807, 2.05) is 0 Å². The van der Waals surface area contributed by atoms with E-state index >= 15 is 0 Å². The summed E-state index contributed by atoms with van der Waals surface area (Å²) in [7, 11) is 0. The Hall–Kier alpha value is -1.10. The number of carboxylic acid groups (broad SMARTS) is 1. The van der Waals surface area contributed by atoms with Crippen molar-refractivity contribution in [1.82, 2.24) is 9.80 Å². The van der Waals surface area contributed by atoms with Crippen LogP contribution in [0.2, 0.25) is 0 Å². The summed E-state index contributed by atoms with van der Waals surface area (Å²) in [5, 5.41) is 9.88. The van der Waals surface area contributed by atoms with Gasteiger partial charge in [-0.3, -0.25) is 9.69 Å². The van der Waals surface area contributed by atoms with E-state index in [-0.39, 0.29) is 18.0 Å². The average Bonchev–Trinajstić information content (AvgIpc) is 3.11. The number of carboxylic acids is 1. The van der Waals surface area contributed by atoms with Gasteiger partial charge in [-0.05, 0) is 38.6 Å². The van der Waals surface area contributed by atoms with Crippen molar-refractivity contribution in [2.24, 2.45) is 0 Å². The van der Waals surface area contributed by atoms with Crippen molar-refractivity contribution in [3.05, 3.63) is 0 Å². The topological polar surface area (TPSA) is 60.9 Å². The van der Waals surface area contributed by atoms with Crippen molar-refractivity contribution < 1.29 is 14.7 Å². The Morgan fingerprint density at radius 3 is 2.53 bits per heavy atom. The number of rotatable bonds is 3. The van der Waals surface area contributed by atoms with Gasteiger partial charge in [-0.2, -0.15) is 0 Å². The minimum atomic E-state index is -0.965. The lowest BCUT2D eigenvalue weighted by Crippen LogP contribution is -2.64. The van der Waals surface area contributed by atoms with Crippen molar-refractivity contribution in [2.45, 2.75) is 63.1 Å². The van der Waals surface area contributed by atoms with Gasteiger partial charge in [0, 0.05) is 25.6 Å². The lowest BCUT2D eigenvalue weighted by Gasteiger charge is -2.44. The van der Waals surface area contributed by atoms with Gasteiger partial charge in [-0.25, -0.2) is 4.79 Å². The van der Waals surface area contributed by atoms with Crippen LogP contribution in [0.15, 0.2) is 0 Å². The molecule has 2 unspecified atom stereocenters. The summed E-state index contributed by atoms with van der Waals surface area (Å²) in [5.74, 6) is -0.874. The van der Waals surface area contributed by atoms with E-state index in [2.05, 4.69) is 4.90 Å². The van der Waals surface area contributed by atoms with Crippen LogP contribution in [0.4, 0.5) is 0 Å². The Morgan fingerprint density at radius 1 is 1.21 bits per heavy atom. The predicted octanol–water partition coefficient (Wildman–Crippen LogP) is 1.08. The first-order valence-electron chi connectivity index (χ1n) is 7.34. The average molecular weight is 266 g/mol. The summed E-state index contributed by atoms with van der Waals surface area (Å²) < 4.78 is 0. The molecule has 3 aliphatic rings. The molecule has 0 bridgehead atoms. The number of carbonyl (C=O) groups excluding carboxylic acids is 1. The lowest BCUT2D eigenvalue weighted by molar-refractivity contribution is -0.162. The van der Waals surface area contributed by atoms with Crippen LogP contribution in [-0.4, -0.2) is 57.5 Å². The zero-order valence-electron chi connectivity index (χ0n) is 11.5. The Kier molecular flexibility index (Phi) is 3.04. The number of aliphatic carboxylic acids is 1. The maximum atomic E-state index is 12.0. The van der Waals surface area contributed by atoms with Gasteiger partial charge in [0.1, 0.15) is 0 Å². The van der Waals surface area contributed by atoms with Gasteiger partial charge in [0.05, 0.1) is 0 Å². The van der Waals surface area contributed by atoms with Crippen LogP contribution in [0.3, 0.4) is 0 Å². The molecule has 3 rings (SSSR count). The van der Waals surface area contributed by atoms with Crippen LogP contribution >= 0.6 is 0 Å². The quantitative estimate of drug-likeness (QED) is 0.830. The number of amides is 1. The normalized spacial score (nSPS) is 34.9. The molecule has 106 valence electrons. The second-order valence-electron chi connectivity index (χ2n) is 6.15. The third-order valence-electron chi connectivity index (χ3n) is 5.00. The fraction of sp³-hybridized carbons (Fsp3) is 0.857. The fourth-order valence-corrected chi connectivity index (χ4v) is 4.11. The molecule has 1 aliphatic carbocycles. The molecule has 2 saturated heterocycles. The molecule has 0 radical (unpaired) electrons. The number of hydrogen-bond donors (Lipinski definition) is 1. The molecule has 0 aromatic rings. The van der Waals surface area contributed by atoms with Crippen molar-refractivity contribution in [3.63, 3.8) is 0 Å². The third-order valence-corrected chi connectivity index (χ3v) is 5.00. The van der Waals surface area contributed by atoms with E-state index in [1.165, 1.54) is 6.92 Å². The Labute approximate surface area is 113 Å². The highest BCUT2D eigenvalue weighted by molar-refractivity contribution is 5.88. The molecule has 3 fully saturated rings. The van der Waals surface area contributed by atoms with Crippen LogP contribution in [0.5, 0.6) is 0 Å². The molecule has 19 heavy (non-hydrogen) atoms. The molecule has 2 atom stereocenters. The van der Waals surface area contributed by atoms with E-state index in [0.717, 1.165) is 45.2 Å². The van der Waals surface area contributed by atoms with Crippen LogP contribution in [0.1, 0.15) is 45.4 Å². The number of hydrogen-bond acceptors (Lipinski definition) is 3. The zero-order chi connectivity index (χ0) is 13.6. The van der Waals surface area contributed by atoms with Crippen LogP contribution < -0.4 is 0 Å². The van der Waals surface area contributed by atoms with Gasteiger partial charge in [0.15, 0.2) is 5.54 Å². The van der Waals surface area contributed by atoms with Crippen LogP contribution in [0.25, 0.3) is 0 Å². The van der Waals surface area contributed by atoms with Gasteiger partial charge in [0.2, 0.25) is 5.91 Å². The summed E-state index contributed by atoms with van der Waals surface area (Å²) in [6.45, 7) is 3.32. The van der Waals surface area contributed by atoms with E-state index < -0.39 is 11.5 Å². The number of piperidine rings is 1. The molecular formula is C14H22N2O3. The predicted molar refractivity (Wildman–Crippen MR) is 69.7 cm³/mol. The summed E-state index contributed by atoms with van der Waals surface area (Å²) in [6.07, 6.45) is 5.64. The lowest BCUT2D eigenvalue weighted by atomic mass is 9.83. The molecule has 0 aromatic carbocycles. The second-order valence-corrected chi connectivity index (χ2v) is 6.15. The van der Waals surface area contributed by atoms with Crippen molar-refractivity contribution >= 4 is 11.9 Å². The van der Waals surface area contributed by atoms with Crippen LogP contribution in [-0.2, 0) is 9.59 Å².